The number of aryl methyl sites for hydroxylation is 1. The fraction of sp³-hybridized carbons (Fsp3) is 0.364. The van der Waals surface area contributed by atoms with Gasteiger partial charge in [0.05, 0.1) is 0 Å². The van der Waals surface area contributed by atoms with Gasteiger partial charge in [-0.05, 0) is 0 Å². The standard InChI is InChI=1S/C22H25.2ClH.Zr/c1-5-8-17-11-12-18-13-16(4)14-21(18)22(17)20-10-7-6-9-19(20)15(2)3;;;/h6-7,9-15H,5,8H2,1-4H3;2*1H;/q;;;+2/p-2. The Morgan fingerprint density at radius 1 is 1.08 bits per heavy atom. The van der Waals surface area contributed by atoms with E-state index in [4.69, 9.17) is 17.0 Å². The zero-order chi connectivity index (χ0) is 18.1. The van der Waals surface area contributed by atoms with E-state index in [0.29, 0.717) is 9.54 Å². The van der Waals surface area contributed by atoms with Crippen molar-refractivity contribution >= 4 is 23.1 Å². The molecular weight excluding hydrogens is 426 g/mol. The van der Waals surface area contributed by atoms with E-state index in [9.17, 15) is 0 Å². The Bertz CT molecular complexity index is 806. The van der Waals surface area contributed by atoms with Crippen molar-refractivity contribution in [2.45, 2.75) is 50.1 Å². The molecule has 2 aromatic rings. The molecule has 0 bridgehead atoms. The second-order valence-corrected chi connectivity index (χ2v) is 16.0. The van der Waals surface area contributed by atoms with Gasteiger partial charge in [0.1, 0.15) is 0 Å². The van der Waals surface area contributed by atoms with Crippen LogP contribution in [-0.4, -0.2) is 0 Å². The van der Waals surface area contributed by atoms with E-state index in [1.807, 2.05) is 0 Å². The molecule has 0 fully saturated rings. The molecule has 0 spiro atoms. The zero-order valence-electron chi connectivity index (χ0n) is 15.4. The van der Waals surface area contributed by atoms with Gasteiger partial charge in [0.15, 0.2) is 0 Å². The monoisotopic (exact) mass is 449 g/mol. The summed E-state index contributed by atoms with van der Waals surface area (Å²) in [6, 6.07) is 13.4. The van der Waals surface area contributed by atoms with Crippen molar-refractivity contribution in [2.75, 3.05) is 0 Å². The number of fused-ring (bicyclic) bond motifs is 1. The molecule has 0 aliphatic heterocycles. The van der Waals surface area contributed by atoms with Gasteiger partial charge in [0, 0.05) is 0 Å². The van der Waals surface area contributed by atoms with Crippen LogP contribution >= 0.6 is 17.0 Å². The van der Waals surface area contributed by atoms with Crippen LogP contribution in [0.3, 0.4) is 0 Å². The average molecular weight is 452 g/mol. The number of benzene rings is 2. The minimum absolute atomic E-state index is 0.293. The number of hydrogen-bond donors (Lipinski definition) is 0. The van der Waals surface area contributed by atoms with Crippen molar-refractivity contribution in [3.8, 4) is 11.1 Å². The van der Waals surface area contributed by atoms with Crippen LogP contribution in [0.4, 0.5) is 0 Å². The molecule has 0 nitrogen and oxygen atoms in total. The molecule has 0 amide bonds. The van der Waals surface area contributed by atoms with Crippen molar-refractivity contribution in [3.63, 3.8) is 0 Å². The predicted octanol–water partition coefficient (Wildman–Crippen LogP) is 7.81. The van der Waals surface area contributed by atoms with Gasteiger partial charge in [-0.15, -0.1) is 0 Å². The van der Waals surface area contributed by atoms with Gasteiger partial charge in [0.2, 0.25) is 0 Å². The molecule has 1 aliphatic rings. The van der Waals surface area contributed by atoms with Crippen LogP contribution in [0.5, 0.6) is 0 Å². The molecule has 1 atom stereocenters. The first-order valence-electron chi connectivity index (χ1n) is 9.06. The van der Waals surface area contributed by atoms with Gasteiger partial charge in [0.25, 0.3) is 0 Å². The van der Waals surface area contributed by atoms with Crippen LogP contribution in [0.2, 0.25) is 0 Å². The van der Waals surface area contributed by atoms with Gasteiger partial charge < -0.3 is 0 Å². The van der Waals surface area contributed by atoms with Gasteiger partial charge in [-0.2, -0.15) is 0 Å². The normalized spacial score (nSPS) is 16.1. The van der Waals surface area contributed by atoms with Crippen LogP contribution in [0, 0.1) is 0 Å². The van der Waals surface area contributed by atoms with Crippen molar-refractivity contribution in [1.29, 1.82) is 0 Å². The quantitative estimate of drug-likeness (QED) is 0.435. The number of hydrogen-bond acceptors (Lipinski definition) is 0. The topological polar surface area (TPSA) is 0 Å². The summed E-state index contributed by atoms with van der Waals surface area (Å²) in [4.78, 5) is 0. The van der Waals surface area contributed by atoms with Crippen LogP contribution < -0.4 is 0 Å². The number of rotatable bonds is 5. The molecular formula is C22H25Cl2Zr. The van der Waals surface area contributed by atoms with E-state index in [0.717, 1.165) is 12.8 Å². The van der Waals surface area contributed by atoms with Gasteiger partial charge in [-0.25, -0.2) is 0 Å². The Kier molecular flexibility index (Phi) is 6.30. The molecule has 25 heavy (non-hydrogen) atoms. The first-order valence-corrected chi connectivity index (χ1v) is 16.8. The van der Waals surface area contributed by atoms with E-state index < -0.39 is 19.4 Å². The SMILES string of the molecule is CCCc1ccc2c(c1-c1ccccc1C(C)C)C=C(C)[CH]2[Zr]([Cl])[Cl]. The predicted molar refractivity (Wildman–Crippen MR) is 108 cm³/mol. The minimum atomic E-state index is -2.41. The van der Waals surface area contributed by atoms with Gasteiger partial charge in [-0.1, -0.05) is 0 Å². The van der Waals surface area contributed by atoms with E-state index in [1.54, 1.807) is 0 Å². The van der Waals surface area contributed by atoms with E-state index in [1.165, 1.54) is 39.0 Å². The third-order valence-electron chi connectivity index (χ3n) is 5.09. The second-order valence-electron chi connectivity index (χ2n) is 7.21. The molecule has 0 saturated heterocycles. The Hall–Kier alpha value is -0.357. The first-order chi connectivity index (χ1) is 12.0. The molecule has 0 radical (unpaired) electrons. The van der Waals surface area contributed by atoms with Crippen molar-refractivity contribution < 1.29 is 19.4 Å². The Morgan fingerprint density at radius 3 is 2.44 bits per heavy atom. The fourth-order valence-electron chi connectivity index (χ4n) is 3.96. The summed E-state index contributed by atoms with van der Waals surface area (Å²) in [6.07, 6.45) is 4.59. The molecule has 1 aliphatic carbocycles. The van der Waals surface area contributed by atoms with Crippen LogP contribution in [0.1, 0.15) is 65.9 Å². The Labute approximate surface area is 167 Å². The summed E-state index contributed by atoms with van der Waals surface area (Å²) in [5.74, 6) is 0.496. The summed E-state index contributed by atoms with van der Waals surface area (Å²) < 4.78 is 0.293. The Morgan fingerprint density at radius 2 is 1.80 bits per heavy atom. The fourth-order valence-corrected chi connectivity index (χ4v) is 9.63. The molecule has 0 aromatic heterocycles. The molecule has 3 rings (SSSR count). The third kappa shape index (κ3) is 3.71. The second kappa shape index (κ2) is 8.12. The van der Waals surface area contributed by atoms with Crippen LogP contribution in [0.15, 0.2) is 42.0 Å². The first kappa shape index (κ1) is 19.4. The van der Waals surface area contributed by atoms with Gasteiger partial charge in [-0.3, -0.25) is 0 Å². The van der Waals surface area contributed by atoms with Gasteiger partial charge >= 0.3 is 168 Å². The van der Waals surface area contributed by atoms with Crippen molar-refractivity contribution in [1.82, 2.24) is 0 Å². The van der Waals surface area contributed by atoms with Crippen LogP contribution in [-0.2, 0) is 25.8 Å². The van der Waals surface area contributed by atoms with E-state index in [-0.39, 0.29) is 0 Å². The zero-order valence-corrected chi connectivity index (χ0v) is 19.3. The maximum atomic E-state index is 6.51. The molecule has 0 N–H and O–H groups in total. The molecule has 131 valence electrons. The summed E-state index contributed by atoms with van der Waals surface area (Å²) in [5, 5.41) is 0. The summed E-state index contributed by atoms with van der Waals surface area (Å²) in [7, 11) is 13.0. The van der Waals surface area contributed by atoms with E-state index in [2.05, 4.69) is 70.2 Å². The Balaban J connectivity index is 2.30. The third-order valence-corrected chi connectivity index (χ3v) is 10.6. The van der Waals surface area contributed by atoms with E-state index >= 15 is 0 Å². The van der Waals surface area contributed by atoms with Crippen LogP contribution in [0.25, 0.3) is 17.2 Å². The molecule has 0 heterocycles. The number of halogens is 2. The summed E-state index contributed by atoms with van der Waals surface area (Å²) in [5.41, 5.74) is 9.68. The molecule has 0 saturated carbocycles. The summed E-state index contributed by atoms with van der Waals surface area (Å²) in [6.45, 7) is 8.98. The maximum absolute atomic E-state index is 6.51. The van der Waals surface area contributed by atoms with Crippen molar-refractivity contribution in [3.05, 3.63) is 64.2 Å². The average Bonchev–Trinajstić information content (AvgIpc) is 2.91. The molecule has 1 unspecified atom stereocenters. The van der Waals surface area contributed by atoms with Crippen molar-refractivity contribution in [2.24, 2.45) is 0 Å². The summed E-state index contributed by atoms with van der Waals surface area (Å²) >= 11 is -2.41. The molecule has 3 heteroatoms. The number of allylic oxidation sites excluding steroid dienone is 1. The molecule has 2 aromatic carbocycles.